The normalized spacial score (nSPS) is 12.5. The van der Waals surface area contributed by atoms with Gasteiger partial charge in [-0.25, -0.2) is 4.98 Å². The van der Waals surface area contributed by atoms with Gasteiger partial charge in [0.1, 0.15) is 0 Å². The van der Waals surface area contributed by atoms with Gasteiger partial charge < -0.3 is 5.32 Å². The van der Waals surface area contributed by atoms with Crippen molar-refractivity contribution in [3.05, 3.63) is 33.7 Å². The predicted molar refractivity (Wildman–Crippen MR) is 88.0 cm³/mol. The molecule has 0 aromatic carbocycles. The molecule has 0 aliphatic carbocycles. The van der Waals surface area contributed by atoms with Crippen LogP contribution in [0.4, 0.5) is 0 Å². The number of fused-ring (bicyclic) bond motifs is 1. The lowest BCUT2D eigenvalue weighted by molar-refractivity contribution is -0.119. The largest absolute Gasteiger partial charge is 0.353 e. The number of hydrogen-bond acceptors (Lipinski definition) is 5. The molecule has 2 aromatic rings. The van der Waals surface area contributed by atoms with Gasteiger partial charge in [-0.1, -0.05) is 13.3 Å². The summed E-state index contributed by atoms with van der Waals surface area (Å²) in [7, 11) is 0. The highest BCUT2D eigenvalue weighted by Gasteiger charge is 2.08. The Labute approximate surface area is 131 Å². The van der Waals surface area contributed by atoms with Crippen LogP contribution in [0.1, 0.15) is 32.4 Å². The van der Waals surface area contributed by atoms with Gasteiger partial charge in [0.25, 0.3) is 5.56 Å². The van der Waals surface area contributed by atoms with E-state index in [1.807, 2.05) is 12.3 Å². The van der Waals surface area contributed by atoms with Crippen molar-refractivity contribution < 1.29 is 4.79 Å². The van der Waals surface area contributed by atoms with Crippen molar-refractivity contribution in [3.8, 4) is 0 Å². The van der Waals surface area contributed by atoms with Gasteiger partial charge in [0.15, 0.2) is 4.96 Å². The molecule has 0 saturated heterocycles. The standard InChI is InChI=1S/C14H19N3O2S2/c1-3-4-10(2)15-12(18)9-20-8-11-7-13(19)17-5-6-21-14(17)16-11/h5-7,10H,3-4,8-9H2,1-2H3,(H,15,18). The van der Waals surface area contributed by atoms with Gasteiger partial charge in [-0.05, 0) is 13.3 Å². The molecule has 2 rings (SSSR count). The average molecular weight is 325 g/mol. The monoisotopic (exact) mass is 325 g/mol. The second-order valence-electron chi connectivity index (χ2n) is 4.89. The molecule has 0 spiro atoms. The molecule has 1 amide bonds. The summed E-state index contributed by atoms with van der Waals surface area (Å²) in [6.07, 6.45) is 3.77. The Kier molecular flexibility index (Phi) is 5.81. The fraction of sp³-hybridized carbons (Fsp3) is 0.500. The maximum absolute atomic E-state index is 11.8. The van der Waals surface area contributed by atoms with Gasteiger partial charge >= 0.3 is 0 Å². The number of aromatic nitrogens is 2. The van der Waals surface area contributed by atoms with Crippen LogP contribution in [0.5, 0.6) is 0 Å². The molecule has 114 valence electrons. The Morgan fingerprint density at radius 2 is 2.38 bits per heavy atom. The highest BCUT2D eigenvalue weighted by molar-refractivity contribution is 7.99. The van der Waals surface area contributed by atoms with E-state index in [1.165, 1.54) is 33.6 Å². The van der Waals surface area contributed by atoms with Gasteiger partial charge in [-0.3, -0.25) is 14.0 Å². The van der Waals surface area contributed by atoms with Crippen LogP contribution in [0, 0.1) is 0 Å². The minimum atomic E-state index is -0.0714. The Morgan fingerprint density at radius 1 is 1.57 bits per heavy atom. The average Bonchev–Trinajstić information content (AvgIpc) is 2.87. The second-order valence-corrected chi connectivity index (χ2v) is 6.75. The molecule has 0 radical (unpaired) electrons. The summed E-state index contributed by atoms with van der Waals surface area (Å²) in [5.74, 6) is 0.994. The van der Waals surface area contributed by atoms with Crippen LogP contribution in [0.3, 0.4) is 0 Å². The molecule has 7 heteroatoms. The van der Waals surface area contributed by atoms with Crippen LogP contribution in [0.15, 0.2) is 22.4 Å². The molecule has 5 nitrogen and oxygen atoms in total. The number of amides is 1. The van der Waals surface area contributed by atoms with Crippen molar-refractivity contribution >= 4 is 34.0 Å². The van der Waals surface area contributed by atoms with Crippen molar-refractivity contribution in [1.29, 1.82) is 0 Å². The smallest absolute Gasteiger partial charge is 0.258 e. The number of thiazole rings is 1. The van der Waals surface area contributed by atoms with E-state index < -0.39 is 0 Å². The number of thioether (sulfide) groups is 1. The molecule has 0 fully saturated rings. The maximum Gasteiger partial charge on any atom is 0.258 e. The fourth-order valence-corrected chi connectivity index (χ4v) is 3.50. The van der Waals surface area contributed by atoms with Crippen LogP contribution >= 0.6 is 23.1 Å². The summed E-state index contributed by atoms with van der Waals surface area (Å²) >= 11 is 2.91. The lowest BCUT2D eigenvalue weighted by Crippen LogP contribution is -2.33. The Balaban J connectivity index is 1.84. The predicted octanol–water partition coefficient (Wildman–Crippen LogP) is 2.29. The van der Waals surface area contributed by atoms with Gasteiger partial charge in [0.2, 0.25) is 5.91 Å². The molecule has 1 atom stereocenters. The zero-order valence-corrected chi connectivity index (χ0v) is 13.8. The van der Waals surface area contributed by atoms with Crippen molar-refractivity contribution in [2.45, 2.75) is 38.5 Å². The molecular formula is C14H19N3O2S2. The number of nitrogens with zero attached hydrogens (tertiary/aromatic N) is 2. The number of rotatable bonds is 7. The maximum atomic E-state index is 11.8. The number of hydrogen-bond donors (Lipinski definition) is 1. The first-order valence-corrected chi connectivity index (χ1v) is 8.96. The third-order valence-electron chi connectivity index (χ3n) is 2.97. The van der Waals surface area contributed by atoms with E-state index >= 15 is 0 Å². The van der Waals surface area contributed by atoms with E-state index in [4.69, 9.17) is 0 Å². The van der Waals surface area contributed by atoms with Crippen molar-refractivity contribution in [2.24, 2.45) is 0 Å². The van der Waals surface area contributed by atoms with E-state index in [0.717, 1.165) is 18.5 Å². The highest BCUT2D eigenvalue weighted by Crippen LogP contribution is 2.12. The summed E-state index contributed by atoms with van der Waals surface area (Å²) in [4.78, 5) is 28.7. The zero-order chi connectivity index (χ0) is 15.2. The second kappa shape index (κ2) is 7.61. The third kappa shape index (κ3) is 4.57. The Morgan fingerprint density at radius 3 is 3.14 bits per heavy atom. The first-order chi connectivity index (χ1) is 10.1. The van der Waals surface area contributed by atoms with Gasteiger partial charge in [-0.15, -0.1) is 23.1 Å². The van der Waals surface area contributed by atoms with Crippen LogP contribution in [0.25, 0.3) is 4.96 Å². The molecule has 1 unspecified atom stereocenters. The minimum absolute atomic E-state index is 0.0369. The van der Waals surface area contributed by atoms with E-state index in [-0.39, 0.29) is 17.5 Å². The lowest BCUT2D eigenvalue weighted by Gasteiger charge is -2.12. The van der Waals surface area contributed by atoms with Gasteiger partial charge in [0, 0.05) is 29.4 Å². The molecule has 2 heterocycles. The number of nitrogens with one attached hydrogen (secondary N) is 1. The van der Waals surface area contributed by atoms with Crippen molar-refractivity contribution in [1.82, 2.24) is 14.7 Å². The minimum Gasteiger partial charge on any atom is -0.353 e. The molecular weight excluding hydrogens is 306 g/mol. The summed E-state index contributed by atoms with van der Waals surface area (Å²) in [5.41, 5.74) is 0.653. The van der Waals surface area contributed by atoms with E-state index in [1.54, 1.807) is 6.20 Å². The van der Waals surface area contributed by atoms with Crippen molar-refractivity contribution in [2.75, 3.05) is 5.75 Å². The summed E-state index contributed by atoms with van der Waals surface area (Å²) in [5, 5.41) is 4.80. The summed E-state index contributed by atoms with van der Waals surface area (Å²) < 4.78 is 1.53. The van der Waals surface area contributed by atoms with Gasteiger partial charge in [-0.2, -0.15) is 0 Å². The quantitative estimate of drug-likeness (QED) is 0.848. The highest BCUT2D eigenvalue weighted by atomic mass is 32.2. The zero-order valence-electron chi connectivity index (χ0n) is 12.2. The first kappa shape index (κ1) is 16.0. The fourth-order valence-electron chi connectivity index (χ4n) is 2.03. The van der Waals surface area contributed by atoms with Crippen LogP contribution < -0.4 is 10.9 Å². The van der Waals surface area contributed by atoms with Crippen LogP contribution in [-0.2, 0) is 10.5 Å². The first-order valence-electron chi connectivity index (χ1n) is 6.93. The Hall–Kier alpha value is -1.34. The van der Waals surface area contributed by atoms with Crippen molar-refractivity contribution in [3.63, 3.8) is 0 Å². The topological polar surface area (TPSA) is 63.5 Å². The van der Waals surface area contributed by atoms with E-state index in [9.17, 15) is 9.59 Å². The van der Waals surface area contributed by atoms with E-state index in [0.29, 0.717) is 16.5 Å². The lowest BCUT2D eigenvalue weighted by atomic mass is 10.2. The third-order valence-corrected chi connectivity index (χ3v) is 4.69. The molecule has 0 saturated carbocycles. The van der Waals surface area contributed by atoms with Crippen LogP contribution in [-0.4, -0.2) is 27.1 Å². The van der Waals surface area contributed by atoms with E-state index in [2.05, 4.69) is 17.2 Å². The molecule has 0 aliphatic rings. The molecule has 0 bridgehead atoms. The van der Waals surface area contributed by atoms with Crippen LogP contribution in [0.2, 0.25) is 0 Å². The number of carbonyl (C=O) groups excluding carboxylic acids is 1. The van der Waals surface area contributed by atoms with Gasteiger partial charge in [0.05, 0.1) is 11.4 Å². The summed E-state index contributed by atoms with van der Waals surface area (Å²) in [6.45, 7) is 4.11. The molecule has 0 aliphatic heterocycles. The summed E-state index contributed by atoms with van der Waals surface area (Å²) in [6, 6.07) is 1.75. The molecule has 21 heavy (non-hydrogen) atoms. The number of carbonyl (C=O) groups is 1. The SMILES string of the molecule is CCCC(C)NC(=O)CSCc1cc(=O)n2ccsc2n1. The molecule has 2 aromatic heterocycles. The molecule has 1 N–H and O–H groups in total. The Bertz CT molecular complexity index is 666.